The highest BCUT2D eigenvalue weighted by Crippen LogP contribution is 2.29. The van der Waals surface area contributed by atoms with Crippen molar-refractivity contribution >= 4 is 17.5 Å². The van der Waals surface area contributed by atoms with Crippen molar-refractivity contribution in [3.63, 3.8) is 0 Å². The highest BCUT2D eigenvalue weighted by Gasteiger charge is 2.32. The summed E-state index contributed by atoms with van der Waals surface area (Å²) in [6.07, 6.45) is -1.14. The van der Waals surface area contributed by atoms with Crippen LogP contribution in [0, 0.1) is 6.92 Å². The van der Waals surface area contributed by atoms with Gasteiger partial charge in [-0.3, -0.25) is 0 Å². The number of ether oxygens (including phenoxy) is 1. The number of benzene rings is 1. The number of carbonyl (C=O) groups is 1. The number of para-hydroxylation sites is 2. The molecule has 3 rings (SSSR count). The number of urea groups is 1. The summed E-state index contributed by atoms with van der Waals surface area (Å²) in [4.78, 5) is 20.6. The molecule has 0 fully saturated rings. The first kappa shape index (κ1) is 21.0. The number of nitrogens with one attached hydrogen (secondary N) is 3. The molecule has 158 valence electrons. The number of anilines is 2. The van der Waals surface area contributed by atoms with Crippen LogP contribution in [0.1, 0.15) is 5.82 Å². The van der Waals surface area contributed by atoms with Crippen LogP contribution in [-0.4, -0.2) is 40.0 Å². The minimum atomic E-state index is -4.85. The monoisotopic (exact) mass is 420 g/mol. The second-order valence-corrected chi connectivity index (χ2v) is 6.10. The second kappa shape index (κ2) is 9.16. The second-order valence-electron chi connectivity index (χ2n) is 6.10. The van der Waals surface area contributed by atoms with Gasteiger partial charge in [0.1, 0.15) is 17.5 Å². The van der Waals surface area contributed by atoms with Crippen LogP contribution in [-0.2, 0) is 0 Å². The van der Waals surface area contributed by atoms with E-state index in [9.17, 15) is 18.0 Å². The number of aryl methyl sites for hydroxylation is 1. The molecule has 0 radical (unpaired) electrons. The Hall–Kier alpha value is -3.76. The molecule has 0 spiro atoms. The summed E-state index contributed by atoms with van der Waals surface area (Å²) in [7, 11) is 0. The largest absolute Gasteiger partial charge is 0.573 e. The van der Waals surface area contributed by atoms with E-state index in [0.717, 1.165) is 6.07 Å². The molecule has 0 aliphatic carbocycles. The van der Waals surface area contributed by atoms with Gasteiger partial charge in [0.15, 0.2) is 5.75 Å². The molecule has 8 nitrogen and oxygen atoms in total. The average molecular weight is 420 g/mol. The molecule has 2 aromatic heterocycles. The van der Waals surface area contributed by atoms with Crippen LogP contribution < -0.4 is 20.7 Å². The summed E-state index contributed by atoms with van der Waals surface area (Å²) in [5, 5.41) is 7.96. The van der Waals surface area contributed by atoms with E-state index < -0.39 is 18.1 Å². The van der Waals surface area contributed by atoms with Gasteiger partial charge in [-0.15, -0.1) is 13.2 Å². The maximum absolute atomic E-state index is 12.4. The lowest BCUT2D eigenvalue weighted by atomic mass is 10.3. The Kier molecular flexibility index (Phi) is 6.40. The quantitative estimate of drug-likeness (QED) is 0.507. The lowest BCUT2D eigenvalue weighted by Gasteiger charge is -2.14. The number of alkyl halides is 3. The van der Waals surface area contributed by atoms with Gasteiger partial charge in [0.25, 0.3) is 0 Å². The highest BCUT2D eigenvalue weighted by molar-refractivity contribution is 5.90. The standard InChI is InChI=1S/C19H19F3N6O2/c1-13-25-16(12-17(26-13)28-10-4-5-11-28)23-8-9-24-18(29)27-14-6-2-3-7-15(14)30-19(20,21)22/h2-7,10-12H,8-9H2,1H3,(H,23,25,26)(H2,24,27,29). The van der Waals surface area contributed by atoms with Crippen LogP contribution in [0.5, 0.6) is 5.75 Å². The normalized spacial score (nSPS) is 11.1. The van der Waals surface area contributed by atoms with E-state index in [-0.39, 0.29) is 12.2 Å². The first-order valence-corrected chi connectivity index (χ1v) is 8.93. The lowest BCUT2D eigenvalue weighted by molar-refractivity contribution is -0.274. The maximum Gasteiger partial charge on any atom is 0.573 e. The number of aromatic nitrogens is 3. The van der Waals surface area contributed by atoms with Gasteiger partial charge in [0.2, 0.25) is 0 Å². The molecular formula is C19H19F3N6O2. The minimum absolute atomic E-state index is 0.0944. The molecule has 2 amide bonds. The van der Waals surface area contributed by atoms with Crippen molar-refractivity contribution in [2.24, 2.45) is 0 Å². The average Bonchev–Trinajstić information content (AvgIpc) is 3.20. The summed E-state index contributed by atoms with van der Waals surface area (Å²) < 4.78 is 43.1. The molecule has 0 aliphatic rings. The Bertz CT molecular complexity index is 992. The summed E-state index contributed by atoms with van der Waals surface area (Å²) >= 11 is 0. The van der Waals surface area contributed by atoms with Gasteiger partial charge in [-0.25, -0.2) is 14.8 Å². The SMILES string of the molecule is Cc1nc(NCCNC(=O)Nc2ccccc2OC(F)(F)F)cc(-n2cccc2)n1. The molecule has 3 aromatic rings. The Morgan fingerprint density at radius 2 is 1.83 bits per heavy atom. The zero-order valence-electron chi connectivity index (χ0n) is 15.9. The fourth-order valence-electron chi connectivity index (χ4n) is 2.58. The van der Waals surface area contributed by atoms with E-state index in [1.807, 2.05) is 29.1 Å². The van der Waals surface area contributed by atoms with Gasteiger partial charge < -0.3 is 25.3 Å². The van der Waals surface area contributed by atoms with Crippen LogP contribution in [0.3, 0.4) is 0 Å². The topological polar surface area (TPSA) is 93.1 Å². The van der Waals surface area contributed by atoms with Crippen LogP contribution in [0.4, 0.5) is 29.5 Å². The molecule has 0 unspecified atom stereocenters. The number of halogens is 3. The molecular weight excluding hydrogens is 401 g/mol. The number of hydrogen-bond acceptors (Lipinski definition) is 5. The van der Waals surface area contributed by atoms with Crippen molar-refractivity contribution in [3.05, 3.63) is 60.7 Å². The zero-order valence-corrected chi connectivity index (χ0v) is 15.9. The number of rotatable bonds is 7. The molecule has 2 heterocycles. The molecule has 0 bridgehead atoms. The van der Waals surface area contributed by atoms with Gasteiger partial charge in [-0.2, -0.15) is 0 Å². The summed E-state index contributed by atoms with van der Waals surface area (Å²) in [5.74, 6) is 1.36. The van der Waals surface area contributed by atoms with Crippen molar-refractivity contribution in [2.45, 2.75) is 13.3 Å². The van der Waals surface area contributed by atoms with E-state index in [1.165, 1.54) is 18.2 Å². The van der Waals surface area contributed by atoms with Crippen LogP contribution in [0.15, 0.2) is 54.9 Å². The molecule has 0 saturated carbocycles. The Morgan fingerprint density at radius 3 is 2.57 bits per heavy atom. The predicted molar refractivity (Wildman–Crippen MR) is 105 cm³/mol. The van der Waals surface area contributed by atoms with Gasteiger partial charge in [-0.1, -0.05) is 12.1 Å². The minimum Gasteiger partial charge on any atom is -0.404 e. The van der Waals surface area contributed by atoms with E-state index >= 15 is 0 Å². The molecule has 1 aromatic carbocycles. The molecule has 0 aliphatic heterocycles. The van der Waals surface area contributed by atoms with Crippen molar-refractivity contribution in [1.29, 1.82) is 0 Å². The smallest absolute Gasteiger partial charge is 0.404 e. The van der Waals surface area contributed by atoms with Crippen molar-refractivity contribution in [2.75, 3.05) is 23.7 Å². The molecule has 3 N–H and O–H groups in total. The third-order valence-electron chi connectivity index (χ3n) is 3.77. The van der Waals surface area contributed by atoms with Crippen molar-refractivity contribution in [1.82, 2.24) is 19.9 Å². The molecule has 30 heavy (non-hydrogen) atoms. The Balaban J connectivity index is 1.50. The first-order chi connectivity index (χ1) is 14.3. The van der Waals surface area contributed by atoms with Gasteiger partial charge in [0, 0.05) is 31.5 Å². The Morgan fingerprint density at radius 1 is 1.10 bits per heavy atom. The third-order valence-corrected chi connectivity index (χ3v) is 3.77. The van der Waals surface area contributed by atoms with E-state index in [2.05, 4.69) is 30.7 Å². The van der Waals surface area contributed by atoms with Gasteiger partial charge in [-0.05, 0) is 31.2 Å². The number of hydrogen-bond donors (Lipinski definition) is 3. The van der Waals surface area contributed by atoms with Gasteiger partial charge >= 0.3 is 12.4 Å². The van der Waals surface area contributed by atoms with Crippen LogP contribution in [0.25, 0.3) is 5.82 Å². The van der Waals surface area contributed by atoms with E-state index in [4.69, 9.17) is 0 Å². The first-order valence-electron chi connectivity index (χ1n) is 8.93. The summed E-state index contributed by atoms with van der Waals surface area (Å²) in [6, 6.07) is 10.1. The van der Waals surface area contributed by atoms with Gasteiger partial charge in [0.05, 0.1) is 5.69 Å². The molecule has 0 atom stereocenters. The predicted octanol–water partition coefficient (Wildman–Crippen LogP) is 3.71. The summed E-state index contributed by atoms with van der Waals surface area (Å²) in [5.41, 5.74) is -0.0944. The third kappa shape index (κ3) is 6.12. The fraction of sp³-hybridized carbons (Fsp3) is 0.211. The molecule has 0 saturated heterocycles. The highest BCUT2D eigenvalue weighted by atomic mass is 19.4. The number of amides is 2. The summed E-state index contributed by atoms with van der Waals surface area (Å²) in [6.45, 7) is 2.32. The van der Waals surface area contributed by atoms with E-state index in [1.54, 1.807) is 13.0 Å². The fourth-order valence-corrected chi connectivity index (χ4v) is 2.58. The van der Waals surface area contributed by atoms with E-state index in [0.29, 0.717) is 24.0 Å². The Labute approximate surface area is 170 Å². The maximum atomic E-state index is 12.4. The van der Waals surface area contributed by atoms with Crippen molar-refractivity contribution < 1.29 is 22.7 Å². The van der Waals surface area contributed by atoms with Crippen LogP contribution in [0.2, 0.25) is 0 Å². The lowest BCUT2D eigenvalue weighted by Crippen LogP contribution is -2.33. The number of carbonyl (C=O) groups excluding carboxylic acids is 1. The molecule has 11 heteroatoms. The zero-order chi connectivity index (χ0) is 21.6. The van der Waals surface area contributed by atoms with Crippen molar-refractivity contribution in [3.8, 4) is 11.6 Å². The number of nitrogens with zero attached hydrogens (tertiary/aromatic N) is 3. The van der Waals surface area contributed by atoms with Crippen LogP contribution >= 0.6 is 0 Å².